The van der Waals surface area contributed by atoms with Gasteiger partial charge in [-0.25, -0.2) is 10.8 Å². The molecule has 0 bridgehead atoms. The second-order valence-corrected chi connectivity index (χ2v) is 3.92. The summed E-state index contributed by atoms with van der Waals surface area (Å²) in [5.41, 5.74) is 2.66. The van der Waals surface area contributed by atoms with E-state index in [1.165, 1.54) is 17.4 Å². The van der Waals surface area contributed by atoms with Crippen molar-refractivity contribution >= 4 is 39.9 Å². The topological polar surface area (TPSA) is 72.4 Å². The van der Waals surface area contributed by atoms with Crippen molar-refractivity contribution in [3.63, 3.8) is 0 Å². The predicted molar refractivity (Wildman–Crippen MR) is 59.4 cm³/mol. The molecule has 0 aliphatic rings. The number of hydrazine groups is 1. The Morgan fingerprint density at radius 2 is 2.53 bits per heavy atom. The summed E-state index contributed by atoms with van der Waals surface area (Å²) in [6.07, 6.45) is 4.70. The van der Waals surface area contributed by atoms with Crippen LogP contribution in [0.15, 0.2) is 17.7 Å². The molecule has 2 aromatic heterocycles. The smallest absolute Gasteiger partial charge is 0.257 e. The first kappa shape index (κ1) is 10.2. The molecule has 3 N–H and O–H groups in total. The number of thiazole rings is 1. The van der Waals surface area contributed by atoms with E-state index in [9.17, 15) is 4.79 Å². The van der Waals surface area contributed by atoms with E-state index in [2.05, 4.69) is 4.98 Å². The number of imidazole rings is 1. The van der Waals surface area contributed by atoms with Crippen molar-refractivity contribution in [2.24, 2.45) is 5.84 Å². The van der Waals surface area contributed by atoms with E-state index in [1.54, 1.807) is 10.5 Å². The Bertz CT molecular complexity index is 530. The number of hydrogen-bond acceptors (Lipinski definition) is 4. The molecule has 78 valence electrons. The first-order valence-electron chi connectivity index (χ1n) is 4.02. The minimum Gasteiger partial charge on any atom is -0.291 e. The Hall–Kier alpha value is -1.37. The molecule has 0 aliphatic carbocycles. The number of hydrogen-bond donors (Lipinski definition) is 2. The predicted octanol–water partition coefficient (Wildman–Crippen LogP) is 1.05. The number of nitrogens with two attached hydrogens (primary N) is 1. The van der Waals surface area contributed by atoms with Gasteiger partial charge < -0.3 is 0 Å². The summed E-state index contributed by atoms with van der Waals surface area (Å²) in [5.74, 6) is 4.55. The van der Waals surface area contributed by atoms with E-state index < -0.39 is 5.91 Å². The van der Waals surface area contributed by atoms with Crippen LogP contribution in [-0.4, -0.2) is 15.3 Å². The number of fused-ring (bicyclic) bond motifs is 1. The maximum Gasteiger partial charge on any atom is 0.257 e. The SMILES string of the molecule is NNC(=O)/C=C/c1c(Cl)nc2sccn12. The minimum atomic E-state index is -0.392. The van der Waals surface area contributed by atoms with Crippen LogP contribution in [0.2, 0.25) is 5.15 Å². The number of rotatable bonds is 2. The van der Waals surface area contributed by atoms with Gasteiger partial charge in [-0.05, 0) is 6.08 Å². The molecular weight excluding hydrogens is 236 g/mol. The third-order valence-corrected chi connectivity index (χ3v) is 2.82. The lowest BCUT2D eigenvalue weighted by Gasteiger charge is -1.91. The van der Waals surface area contributed by atoms with Crippen LogP contribution in [0.4, 0.5) is 0 Å². The molecule has 0 radical (unpaired) electrons. The maximum atomic E-state index is 10.9. The van der Waals surface area contributed by atoms with Gasteiger partial charge in [0, 0.05) is 17.7 Å². The van der Waals surface area contributed by atoms with Gasteiger partial charge in [0.2, 0.25) is 0 Å². The first-order chi connectivity index (χ1) is 7.22. The van der Waals surface area contributed by atoms with Gasteiger partial charge in [0.1, 0.15) is 0 Å². The van der Waals surface area contributed by atoms with Crippen LogP contribution < -0.4 is 11.3 Å². The summed E-state index contributed by atoms with van der Waals surface area (Å²) in [6.45, 7) is 0. The van der Waals surface area contributed by atoms with Crippen LogP contribution in [0, 0.1) is 0 Å². The second kappa shape index (κ2) is 4.01. The standard InChI is InChI=1S/C8H7ClN4OS/c9-7-5(1-2-6(14)12-10)13-3-4-15-8(13)11-7/h1-4H,10H2,(H,12,14)/b2-1+. The van der Waals surface area contributed by atoms with Gasteiger partial charge in [0.25, 0.3) is 5.91 Å². The fourth-order valence-electron chi connectivity index (χ4n) is 1.13. The van der Waals surface area contributed by atoms with Gasteiger partial charge in [0.05, 0.1) is 5.69 Å². The van der Waals surface area contributed by atoms with Crippen LogP contribution in [0.5, 0.6) is 0 Å². The third-order valence-electron chi connectivity index (χ3n) is 1.79. The average molecular weight is 243 g/mol. The van der Waals surface area contributed by atoms with Gasteiger partial charge in [-0.2, -0.15) is 0 Å². The summed E-state index contributed by atoms with van der Waals surface area (Å²) in [4.78, 5) is 15.8. The molecule has 0 spiro atoms. The highest BCUT2D eigenvalue weighted by Crippen LogP contribution is 2.22. The largest absolute Gasteiger partial charge is 0.291 e. The lowest BCUT2D eigenvalue weighted by molar-refractivity contribution is -0.116. The molecule has 0 unspecified atom stereocenters. The molecule has 2 aromatic rings. The van der Waals surface area contributed by atoms with E-state index in [1.807, 2.05) is 17.0 Å². The molecular formula is C8H7ClN4OS. The highest BCUT2D eigenvalue weighted by atomic mass is 35.5. The first-order valence-corrected chi connectivity index (χ1v) is 5.28. The number of carbonyl (C=O) groups is 1. The molecule has 2 heterocycles. The van der Waals surface area contributed by atoms with Gasteiger partial charge in [-0.15, -0.1) is 11.3 Å². The van der Waals surface area contributed by atoms with Crippen molar-refractivity contribution in [3.05, 3.63) is 28.5 Å². The van der Waals surface area contributed by atoms with Crippen molar-refractivity contribution in [3.8, 4) is 0 Å². The molecule has 1 amide bonds. The fraction of sp³-hybridized carbons (Fsp3) is 0. The number of nitrogens with one attached hydrogen (secondary N) is 1. The molecule has 0 saturated carbocycles. The van der Waals surface area contributed by atoms with E-state index in [0.29, 0.717) is 10.8 Å². The summed E-state index contributed by atoms with van der Waals surface area (Å²) >= 11 is 7.37. The van der Waals surface area contributed by atoms with Crippen molar-refractivity contribution < 1.29 is 4.79 Å². The lowest BCUT2D eigenvalue weighted by atomic mass is 10.4. The van der Waals surface area contributed by atoms with Crippen LogP contribution in [0.3, 0.4) is 0 Å². The summed E-state index contributed by atoms with van der Waals surface area (Å²) in [5, 5.41) is 2.25. The number of nitrogens with zero attached hydrogens (tertiary/aromatic N) is 2. The van der Waals surface area contributed by atoms with Gasteiger partial charge >= 0.3 is 0 Å². The number of amides is 1. The summed E-state index contributed by atoms with van der Waals surface area (Å²) in [6, 6.07) is 0. The Balaban J connectivity index is 2.41. The van der Waals surface area contributed by atoms with Crippen LogP contribution in [-0.2, 0) is 4.79 Å². The van der Waals surface area contributed by atoms with Crippen LogP contribution in [0.25, 0.3) is 11.0 Å². The Morgan fingerprint density at radius 3 is 3.27 bits per heavy atom. The highest BCUT2D eigenvalue weighted by molar-refractivity contribution is 7.15. The van der Waals surface area contributed by atoms with Crippen molar-refractivity contribution in [1.82, 2.24) is 14.8 Å². The zero-order valence-electron chi connectivity index (χ0n) is 7.48. The molecule has 0 atom stereocenters. The molecule has 5 nitrogen and oxygen atoms in total. The number of halogens is 1. The molecule has 15 heavy (non-hydrogen) atoms. The Morgan fingerprint density at radius 1 is 1.73 bits per heavy atom. The van der Waals surface area contributed by atoms with Gasteiger partial charge in [0.15, 0.2) is 10.1 Å². The van der Waals surface area contributed by atoms with E-state index in [-0.39, 0.29) is 0 Å². The molecule has 0 fully saturated rings. The van der Waals surface area contributed by atoms with Crippen LogP contribution in [0.1, 0.15) is 5.69 Å². The quantitative estimate of drug-likeness (QED) is 0.358. The molecule has 7 heteroatoms. The fourth-order valence-corrected chi connectivity index (χ4v) is 2.13. The zero-order valence-corrected chi connectivity index (χ0v) is 9.05. The normalized spacial score (nSPS) is 11.3. The lowest BCUT2D eigenvalue weighted by Crippen LogP contribution is -2.27. The van der Waals surface area contributed by atoms with Crippen molar-refractivity contribution in [1.29, 1.82) is 0 Å². The molecule has 0 aromatic carbocycles. The Kier molecular flexibility index (Phi) is 2.72. The summed E-state index contributed by atoms with van der Waals surface area (Å²) < 4.78 is 1.80. The molecule has 0 saturated heterocycles. The second-order valence-electron chi connectivity index (χ2n) is 2.69. The molecule has 2 rings (SSSR count). The summed E-state index contributed by atoms with van der Waals surface area (Å²) in [7, 11) is 0. The van der Waals surface area contributed by atoms with E-state index in [4.69, 9.17) is 17.4 Å². The third kappa shape index (κ3) is 1.87. The van der Waals surface area contributed by atoms with E-state index >= 15 is 0 Å². The number of aromatic nitrogens is 2. The van der Waals surface area contributed by atoms with Crippen molar-refractivity contribution in [2.45, 2.75) is 0 Å². The Labute approximate surface area is 94.1 Å². The highest BCUT2D eigenvalue weighted by Gasteiger charge is 2.08. The zero-order chi connectivity index (χ0) is 10.8. The van der Waals surface area contributed by atoms with Crippen LogP contribution >= 0.6 is 22.9 Å². The van der Waals surface area contributed by atoms with Crippen molar-refractivity contribution in [2.75, 3.05) is 0 Å². The van der Waals surface area contributed by atoms with Gasteiger partial charge in [-0.3, -0.25) is 14.6 Å². The van der Waals surface area contributed by atoms with E-state index in [0.717, 1.165) is 4.96 Å². The molecule has 0 aliphatic heterocycles. The average Bonchev–Trinajstić information content (AvgIpc) is 2.75. The minimum absolute atomic E-state index is 0.364. The monoisotopic (exact) mass is 242 g/mol. The van der Waals surface area contributed by atoms with Gasteiger partial charge in [-0.1, -0.05) is 11.6 Å². The number of carbonyl (C=O) groups excluding carboxylic acids is 1. The maximum absolute atomic E-state index is 10.9.